The van der Waals surface area contributed by atoms with E-state index in [9.17, 15) is 4.79 Å². The number of carbonyl (C=O) groups is 1. The molecule has 0 saturated carbocycles. The molecule has 0 aliphatic carbocycles. The summed E-state index contributed by atoms with van der Waals surface area (Å²) < 4.78 is 5.11. The first-order valence-corrected chi connectivity index (χ1v) is 6.28. The van der Waals surface area contributed by atoms with E-state index in [1.54, 1.807) is 13.3 Å². The van der Waals surface area contributed by atoms with Crippen molar-refractivity contribution in [3.63, 3.8) is 0 Å². The summed E-state index contributed by atoms with van der Waals surface area (Å²) in [6.45, 7) is 0. The zero-order valence-electron chi connectivity index (χ0n) is 11.2. The Kier molecular flexibility index (Phi) is 4.89. The van der Waals surface area contributed by atoms with Crippen molar-refractivity contribution < 1.29 is 9.53 Å². The minimum Gasteiger partial charge on any atom is -0.497 e. The van der Waals surface area contributed by atoms with Gasteiger partial charge in [-0.2, -0.15) is 5.10 Å². The Hall–Kier alpha value is -2.62. The summed E-state index contributed by atoms with van der Waals surface area (Å²) in [5, 5.41) is 3.93. The zero-order chi connectivity index (χ0) is 14.2. The monoisotopic (exact) mass is 268 g/mol. The Labute approximate surface area is 118 Å². The first-order chi connectivity index (χ1) is 9.78. The number of hydrogen-bond acceptors (Lipinski definition) is 3. The Morgan fingerprint density at radius 2 is 2.00 bits per heavy atom. The molecule has 4 heteroatoms. The van der Waals surface area contributed by atoms with Crippen molar-refractivity contribution in [2.75, 3.05) is 7.11 Å². The number of benzene rings is 2. The highest BCUT2D eigenvalue weighted by atomic mass is 16.5. The van der Waals surface area contributed by atoms with Crippen LogP contribution in [0.5, 0.6) is 5.75 Å². The molecule has 1 N–H and O–H groups in total. The van der Waals surface area contributed by atoms with E-state index in [2.05, 4.69) is 10.5 Å². The predicted molar refractivity (Wildman–Crippen MR) is 78.9 cm³/mol. The van der Waals surface area contributed by atoms with Crippen molar-refractivity contribution in [3.8, 4) is 5.75 Å². The average Bonchev–Trinajstić information content (AvgIpc) is 2.48. The van der Waals surface area contributed by atoms with Crippen LogP contribution in [0, 0.1) is 0 Å². The van der Waals surface area contributed by atoms with Gasteiger partial charge in [0.05, 0.1) is 19.7 Å². The summed E-state index contributed by atoms with van der Waals surface area (Å²) in [6, 6.07) is 17.0. The molecule has 0 aliphatic heterocycles. The van der Waals surface area contributed by atoms with Crippen molar-refractivity contribution in [2.24, 2.45) is 5.10 Å². The van der Waals surface area contributed by atoms with E-state index in [0.717, 1.165) is 16.9 Å². The highest BCUT2D eigenvalue weighted by Gasteiger charge is 2.00. The van der Waals surface area contributed by atoms with Crippen LogP contribution < -0.4 is 10.2 Å². The molecule has 20 heavy (non-hydrogen) atoms. The number of methoxy groups -OCH3 is 1. The Bertz CT molecular complexity index is 594. The van der Waals surface area contributed by atoms with E-state index in [0.29, 0.717) is 6.42 Å². The van der Waals surface area contributed by atoms with Gasteiger partial charge in [0.1, 0.15) is 5.75 Å². The van der Waals surface area contributed by atoms with Crippen LogP contribution in [0.3, 0.4) is 0 Å². The molecule has 0 aliphatic rings. The van der Waals surface area contributed by atoms with Crippen molar-refractivity contribution in [1.82, 2.24) is 5.43 Å². The van der Waals surface area contributed by atoms with Gasteiger partial charge in [0, 0.05) is 0 Å². The molecule has 2 rings (SSSR count). The number of carbonyl (C=O) groups excluding carboxylic acids is 1. The van der Waals surface area contributed by atoms with E-state index >= 15 is 0 Å². The van der Waals surface area contributed by atoms with Gasteiger partial charge < -0.3 is 4.74 Å². The van der Waals surface area contributed by atoms with Crippen LogP contribution in [0.15, 0.2) is 59.7 Å². The zero-order valence-corrected chi connectivity index (χ0v) is 11.2. The molecule has 1 amide bonds. The maximum Gasteiger partial charge on any atom is 0.244 e. The van der Waals surface area contributed by atoms with Gasteiger partial charge in [-0.1, -0.05) is 42.5 Å². The van der Waals surface area contributed by atoms with Gasteiger partial charge in [0.25, 0.3) is 0 Å². The first-order valence-electron chi connectivity index (χ1n) is 6.28. The van der Waals surface area contributed by atoms with Gasteiger partial charge in [-0.15, -0.1) is 0 Å². The number of hydrogen-bond donors (Lipinski definition) is 1. The molecule has 2 aromatic carbocycles. The molecule has 0 heterocycles. The fourth-order valence-electron chi connectivity index (χ4n) is 1.72. The van der Waals surface area contributed by atoms with Crippen LogP contribution in [0.25, 0.3) is 0 Å². The summed E-state index contributed by atoms with van der Waals surface area (Å²) >= 11 is 0. The molecule has 0 fully saturated rings. The van der Waals surface area contributed by atoms with E-state index in [-0.39, 0.29) is 5.91 Å². The minimum absolute atomic E-state index is 0.143. The lowest BCUT2D eigenvalue weighted by atomic mass is 10.1. The largest absolute Gasteiger partial charge is 0.497 e. The van der Waals surface area contributed by atoms with Crippen LogP contribution in [0.1, 0.15) is 11.1 Å². The smallest absolute Gasteiger partial charge is 0.244 e. The van der Waals surface area contributed by atoms with Crippen LogP contribution in [-0.2, 0) is 11.2 Å². The second kappa shape index (κ2) is 7.09. The Morgan fingerprint density at radius 3 is 2.75 bits per heavy atom. The van der Waals surface area contributed by atoms with Crippen LogP contribution in [0.2, 0.25) is 0 Å². The van der Waals surface area contributed by atoms with Crippen LogP contribution in [-0.4, -0.2) is 19.2 Å². The summed E-state index contributed by atoms with van der Waals surface area (Å²) in [5.41, 5.74) is 4.33. The molecule has 0 unspecified atom stereocenters. The lowest BCUT2D eigenvalue weighted by Gasteiger charge is -2.01. The SMILES string of the molecule is COc1cccc(/C=N/NC(=O)Cc2ccccc2)c1. The normalized spacial score (nSPS) is 10.4. The van der Waals surface area contributed by atoms with Gasteiger partial charge in [-0.25, -0.2) is 5.43 Å². The van der Waals surface area contributed by atoms with E-state index in [1.807, 2.05) is 54.6 Å². The van der Waals surface area contributed by atoms with Gasteiger partial charge in [-0.05, 0) is 23.3 Å². The van der Waals surface area contributed by atoms with E-state index < -0.39 is 0 Å². The quantitative estimate of drug-likeness (QED) is 0.668. The lowest BCUT2D eigenvalue weighted by molar-refractivity contribution is -0.120. The van der Waals surface area contributed by atoms with Gasteiger partial charge in [0.2, 0.25) is 5.91 Å². The standard InChI is InChI=1S/C16H16N2O2/c1-20-15-9-5-8-14(10-15)12-17-18-16(19)11-13-6-3-2-4-7-13/h2-10,12H,11H2,1H3,(H,18,19)/b17-12+. The van der Waals surface area contributed by atoms with Crippen molar-refractivity contribution >= 4 is 12.1 Å². The number of rotatable bonds is 5. The third-order valence-electron chi connectivity index (χ3n) is 2.70. The van der Waals surface area contributed by atoms with Gasteiger partial charge in [0.15, 0.2) is 0 Å². The summed E-state index contributed by atoms with van der Waals surface area (Å²) in [4.78, 5) is 11.7. The molecule has 102 valence electrons. The lowest BCUT2D eigenvalue weighted by Crippen LogP contribution is -2.19. The van der Waals surface area contributed by atoms with Crippen molar-refractivity contribution in [3.05, 3.63) is 65.7 Å². The Balaban J connectivity index is 1.88. The molecular formula is C16H16N2O2. The third-order valence-corrected chi connectivity index (χ3v) is 2.70. The molecule has 0 spiro atoms. The first kappa shape index (κ1) is 13.8. The average molecular weight is 268 g/mol. The predicted octanol–water partition coefficient (Wildman–Crippen LogP) is 2.39. The van der Waals surface area contributed by atoms with E-state index in [1.165, 1.54) is 0 Å². The number of amides is 1. The van der Waals surface area contributed by atoms with Crippen molar-refractivity contribution in [1.29, 1.82) is 0 Å². The molecular weight excluding hydrogens is 252 g/mol. The topological polar surface area (TPSA) is 50.7 Å². The highest BCUT2D eigenvalue weighted by Crippen LogP contribution is 2.10. The fraction of sp³-hybridized carbons (Fsp3) is 0.125. The fourth-order valence-corrected chi connectivity index (χ4v) is 1.72. The molecule has 0 bridgehead atoms. The molecule has 4 nitrogen and oxygen atoms in total. The van der Waals surface area contributed by atoms with Crippen LogP contribution >= 0.6 is 0 Å². The third kappa shape index (κ3) is 4.24. The molecule has 0 saturated heterocycles. The summed E-state index contributed by atoms with van der Waals surface area (Å²) in [6.07, 6.45) is 1.90. The minimum atomic E-state index is -0.143. The second-order valence-corrected chi connectivity index (χ2v) is 4.23. The van der Waals surface area contributed by atoms with Crippen molar-refractivity contribution in [2.45, 2.75) is 6.42 Å². The van der Waals surface area contributed by atoms with Gasteiger partial charge >= 0.3 is 0 Å². The van der Waals surface area contributed by atoms with Gasteiger partial charge in [-0.3, -0.25) is 4.79 Å². The number of ether oxygens (including phenoxy) is 1. The Morgan fingerprint density at radius 1 is 1.20 bits per heavy atom. The molecule has 0 radical (unpaired) electrons. The van der Waals surface area contributed by atoms with Crippen LogP contribution in [0.4, 0.5) is 0 Å². The second-order valence-electron chi connectivity index (χ2n) is 4.23. The maximum atomic E-state index is 11.7. The molecule has 2 aromatic rings. The molecule has 0 aromatic heterocycles. The maximum absolute atomic E-state index is 11.7. The molecule has 0 atom stereocenters. The highest BCUT2D eigenvalue weighted by molar-refractivity contribution is 5.83. The summed E-state index contributed by atoms with van der Waals surface area (Å²) in [5.74, 6) is 0.611. The summed E-state index contributed by atoms with van der Waals surface area (Å²) in [7, 11) is 1.61. The van der Waals surface area contributed by atoms with E-state index in [4.69, 9.17) is 4.74 Å². The number of nitrogens with zero attached hydrogens (tertiary/aromatic N) is 1. The number of hydrazone groups is 1. The number of nitrogens with one attached hydrogen (secondary N) is 1.